The maximum Gasteiger partial charge on any atom is 0.153 e. The van der Waals surface area contributed by atoms with Gasteiger partial charge in [0.1, 0.15) is 11.8 Å². The van der Waals surface area contributed by atoms with Crippen molar-refractivity contribution < 1.29 is 0 Å². The number of allylic oxidation sites excluding steroid dienone is 2. The van der Waals surface area contributed by atoms with Crippen molar-refractivity contribution in [2.75, 3.05) is 5.73 Å². The molecule has 0 bridgehead atoms. The van der Waals surface area contributed by atoms with Crippen LogP contribution in [0.1, 0.15) is 5.69 Å². The fraction of sp³-hybridized carbons (Fsp3) is 0. The molecule has 0 saturated heterocycles. The minimum Gasteiger partial charge on any atom is -0.382 e. The monoisotopic (exact) mass is 198 g/mol. The second-order valence-electron chi connectivity index (χ2n) is 3.05. The molecule has 74 valence electrons. The Balaban J connectivity index is 2.69. The zero-order valence-electron chi connectivity index (χ0n) is 8.14. The largest absolute Gasteiger partial charge is 0.382 e. The summed E-state index contributed by atoms with van der Waals surface area (Å²) in [4.78, 5) is 12.3. The van der Waals surface area contributed by atoms with Crippen molar-refractivity contribution >= 4 is 22.4 Å². The van der Waals surface area contributed by atoms with Crippen molar-refractivity contribution in [1.29, 1.82) is 0 Å². The highest BCUT2D eigenvalue weighted by Gasteiger charge is 2.04. The molecule has 2 rings (SSSR count). The van der Waals surface area contributed by atoms with E-state index >= 15 is 0 Å². The summed E-state index contributed by atoms with van der Waals surface area (Å²) in [5.41, 5.74) is 8.50. The van der Waals surface area contributed by atoms with Crippen molar-refractivity contribution in [2.24, 2.45) is 0 Å². The van der Waals surface area contributed by atoms with Gasteiger partial charge in [-0.1, -0.05) is 19.2 Å². The first-order chi connectivity index (χ1) is 7.22. The third kappa shape index (κ3) is 1.57. The van der Waals surface area contributed by atoms with Crippen LogP contribution in [0.4, 0.5) is 5.82 Å². The molecule has 0 atom stereocenters. The van der Waals surface area contributed by atoms with Crippen LogP contribution in [0.25, 0.3) is 16.6 Å². The van der Waals surface area contributed by atoms with Crippen molar-refractivity contribution in [3.8, 4) is 0 Å². The van der Waals surface area contributed by atoms with Crippen molar-refractivity contribution in [3.63, 3.8) is 0 Å². The van der Waals surface area contributed by atoms with E-state index in [4.69, 9.17) is 5.73 Å². The van der Waals surface area contributed by atoms with Crippen LogP contribution in [-0.4, -0.2) is 15.0 Å². The van der Waals surface area contributed by atoms with E-state index in [9.17, 15) is 0 Å². The molecule has 0 amide bonds. The lowest BCUT2D eigenvalue weighted by atomic mass is 10.2. The number of rotatable bonds is 2. The van der Waals surface area contributed by atoms with Gasteiger partial charge in [0, 0.05) is 0 Å². The van der Waals surface area contributed by atoms with Crippen LogP contribution >= 0.6 is 0 Å². The van der Waals surface area contributed by atoms with Gasteiger partial charge in [-0.15, -0.1) is 0 Å². The van der Waals surface area contributed by atoms with E-state index in [1.807, 2.05) is 12.1 Å². The van der Waals surface area contributed by atoms with E-state index in [1.54, 1.807) is 6.08 Å². The minimum absolute atomic E-state index is 0.374. The lowest BCUT2D eigenvalue weighted by molar-refractivity contribution is 1.20. The van der Waals surface area contributed by atoms with Gasteiger partial charge in [0.15, 0.2) is 5.82 Å². The van der Waals surface area contributed by atoms with Crippen LogP contribution < -0.4 is 5.73 Å². The van der Waals surface area contributed by atoms with Gasteiger partial charge in [-0.2, -0.15) is 0 Å². The second-order valence-corrected chi connectivity index (χ2v) is 3.05. The molecule has 15 heavy (non-hydrogen) atoms. The lowest BCUT2D eigenvalue weighted by Gasteiger charge is -2.02. The number of hydrogen-bond acceptors (Lipinski definition) is 4. The first-order valence-corrected chi connectivity index (χ1v) is 4.41. The van der Waals surface area contributed by atoms with Gasteiger partial charge >= 0.3 is 0 Å². The molecule has 0 saturated carbocycles. The maximum absolute atomic E-state index is 5.70. The maximum atomic E-state index is 5.70. The molecular weight excluding hydrogens is 188 g/mol. The van der Waals surface area contributed by atoms with Gasteiger partial charge in [0.2, 0.25) is 0 Å². The van der Waals surface area contributed by atoms with Crippen LogP contribution in [0.15, 0.2) is 37.7 Å². The Kier molecular flexibility index (Phi) is 2.17. The van der Waals surface area contributed by atoms with Crippen LogP contribution in [0, 0.1) is 0 Å². The van der Waals surface area contributed by atoms with Crippen LogP contribution in [0.3, 0.4) is 0 Å². The van der Waals surface area contributed by atoms with Gasteiger partial charge < -0.3 is 5.73 Å². The zero-order chi connectivity index (χ0) is 10.8. The molecule has 2 heterocycles. The summed E-state index contributed by atoms with van der Waals surface area (Å²) in [6.45, 7) is 7.46. The van der Waals surface area contributed by atoms with Gasteiger partial charge in [-0.3, -0.25) is 0 Å². The Hall–Kier alpha value is -2.23. The number of nitrogens with two attached hydrogens (primary N) is 1. The Bertz CT molecular complexity index is 545. The normalized spacial score (nSPS) is 10.1. The third-order valence-electron chi connectivity index (χ3n) is 2.09. The molecular formula is C11H10N4. The van der Waals surface area contributed by atoms with Crippen molar-refractivity contribution in [2.45, 2.75) is 0 Å². The summed E-state index contributed by atoms with van der Waals surface area (Å²) in [6, 6.07) is 3.67. The number of hydrogen-bond donors (Lipinski definition) is 1. The van der Waals surface area contributed by atoms with Crippen LogP contribution in [-0.2, 0) is 0 Å². The standard InChI is InChI=1S/C11H10N4/c1-3-7(2)8-4-5-9-10(15-8)11(12)14-6-13-9/h3-6H,1-2H2,(H2,12,13,14). The molecule has 0 aromatic carbocycles. The summed E-state index contributed by atoms with van der Waals surface area (Å²) in [7, 11) is 0. The first kappa shape index (κ1) is 9.33. The number of anilines is 1. The molecule has 0 fully saturated rings. The van der Waals surface area contributed by atoms with E-state index in [2.05, 4.69) is 28.1 Å². The number of fused-ring (bicyclic) bond motifs is 1. The predicted octanol–water partition coefficient (Wildman–Crippen LogP) is 1.81. The Labute approximate surface area is 87.2 Å². The number of nitrogens with zero attached hydrogens (tertiary/aromatic N) is 3. The number of aromatic nitrogens is 3. The average Bonchev–Trinajstić information content (AvgIpc) is 2.28. The Morgan fingerprint density at radius 1 is 1.33 bits per heavy atom. The molecule has 0 unspecified atom stereocenters. The van der Waals surface area contributed by atoms with Crippen LogP contribution in [0.5, 0.6) is 0 Å². The van der Waals surface area contributed by atoms with E-state index in [-0.39, 0.29) is 0 Å². The second kappa shape index (κ2) is 3.49. The van der Waals surface area contributed by atoms with E-state index < -0.39 is 0 Å². The quantitative estimate of drug-likeness (QED) is 0.747. The fourth-order valence-electron chi connectivity index (χ4n) is 1.24. The van der Waals surface area contributed by atoms with Gasteiger partial charge in [-0.05, 0) is 17.7 Å². The summed E-state index contributed by atoms with van der Waals surface area (Å²) in [5, 5.41) is 0. The number of nitrogen functional groups attached to an aromatic ring is 1. The van der Waals surface area contributed by atoms with E-state index in [0.717, 1.165) is 16.8 Å². The van der Waals surface area contributed by atoms with Crippen LogP contribution in [0.2, 0.25) is 0 Å². The summed E-state index contributed by atoms with van der Waals surface area (Å²) in [6.07, 6.45) is 3.06. The molecule has 0 spiro atoms. The molecule has 4 nitrogen and oxygen atoms in total. The Morgan fingerprint density at radius 3 is 2.87 bits per heavy atom. The lowest BCUT2D eigenvalue weighted by Crippen LogP contribution is -1.97. The highest BCUT2D eigenvalue weighted by molar-refractivity contribution is 5.85. The molecule has 2 aromatic heterocycles. The van der Waals surface area contributed by atoms with Gasteiger partial charge in [-0.25, -0.2) is 15.0 Å². The molecule has 0 radical (unpaired) electrons. The van der Waals surface area contributed by atoms with E-state index in [0.29, 0.717) is 11.3 Å². The zero-order valence-corrected chi connectivity index (χ0v) is 8.14. The average molecular weight is 198 g/mol. The highest BCUT2D eigenvalue weighted by atomic mass is 14.9. The SMILES string of the molecule is C=CC(=C)c1ccc2ncnc(N)c2n1. The van der Waals surface area contributed by atoms with Crippen molar-refractivity contribution in [3.05, 3.63) is 43.4 Å². The smallest absolute Gasteiger partial charge is 0.153 e. The fourth-order valence-corrected chi connectivity index (χ4v) is 1.24. The summed E-state index contributed by atoms with van der Waals surface area (Å²) < 4.78 is 0. The van der Waals surface area contributed by atoms with E-state index in [1.165, 1.54) is 6.33 Å². The number of pyridine rings is 1. The van der Waals surface area contributed by atoms with Crippen molar-refractivity contribution in [1.82, 2.24) is 15.0 Å². The minimum atomic E-state index is 0.374. The molecule has 0 aliphatic rings. The van der Waals surface area contributed by atoms with Gasteiger partial charge in [0.25, 0.3) is 0 Å². The van der Waals surface area contributed by atoms with Gasteiger partial charge in [0.05, 0.1) is 11.2 Å². The molecule has 0 aliphatic carbocycles. The Morgan fingerprint density at radius 2 is 2.13 bits per heavy atom. The first-order valence-electron chi connectivity index (χ1n) is 4.41. The predicted molar refractivity (Wildman–Crippen MR) is 61.0 cm³/mol. The molecule has 4 heteroatoms. The molecule has 0 aliphatic heterocycles. The summed E-state index contributed by atoms with van der Waals surface area (Å²) >= 11 is 0. The highest BCUT2D eigenvalue weighted by Crippen LogP contribution is 2.18. The topological polar surface area (TPSA) is 64.7 Å². The summed E-state index contributed by atoms with van der Waals surface area (Å²) in [5.74, 6) is 0.374. The third-order valence-corrected chi connectivity index (χ3v) is 2.09. The molecule has 2 aromatic rings. The molecule has 2 N–H and O–H groups in total.